The van der Waals surface area contributed by atoms with E-state index in [2.05, 4.69) is 20.4 Å². The minimum absolute atomic E-state index is 0.000408. The number of tetrazole rings is 1. The van der Waals surface area contributed by atoms with Crippen molar-refractivity contribution in [2.45, 2.75) is 81.8 Å². The number of benzene rings is 3. The van der Waals surface area contributed by atoms with Crippen LogP contribution in [0.2, 0.25) is 0 Å². The van der Waals surface area contributed by atoms with Crippen LogP contribution in [0.4, 0.5) is 26.3 Å². The fraction of sp³-hybridized carbons (Fsp3) is 0.394. The highest BCUT2D eigenvalue weighted by atomic mass is 19.4. The number of nitrogens with zero attached hydrogens (tertiary/aromatic N) is 5. The van der Waals surface area contributed by atoms with Crippen LogP contribution in [0.25, 0.3) is 0 Å². The van der Waals surface area contributed by atoms with E-state index in [-0.39, 0.29) is 35.9 Å². The largest absolute Gasteiger partial charge is 0.416 e. The first-order valence-corrected chi connectivity index (χ1v) is 14.9. The van der Waals surface area contributed by atoms with E-state index in [0.717, 1.165) is 11.1 Å². The Hall–Kier alpha value is -4.10. The normalized spacial score (nSPS) is 23.5. The van der Waals surface area contributed by atoms with E-state index < -0.39 is 41.7 Å². The quantitative estimate of drug-likeness (QED) is 0.184. The fourth-order valence-electron chi connectivity index (χ4n) is 7.16. The Kier molecular flexibility index (Phi) is 8.49. The van der Waals surface area contributed by atoms with E-state index in [0.29, 0.717) is 43.8 Å². The third kappa shape index (κ3) is 6.17. The Balaban J connectivity index is 1.43. The Morgan fingerprint density at radius 2 is 1.52 bits per heavy atom. The molecule has 4 atom stereocenters. The zero-order chi connectivity index (χ0) is 32.7. The van der Waals surface area contributed by atoms with Crippen molar-refractivity contribution in [3.8, 4) is 0 Å². The van der Waals surface area contributed by atoms with E-state index >= 15 is 0 Å². The summed E-state index contributed by atoms with van der Waals surface area (Å²) < 4.78 is 89.7. The molecule has 0 N–H and O–H groups in total. The maximum absolute atomic E-state index is 13.6. The molecule has 3 heterocycles. The first-order chi connectivity index (χ1) is 21.9. The van der Waals surface area contributed by atoms with Crippen molar-refractivity contribution in [3.63, 3.8) is 0 Å². The molecule has 7 nitrogen and oxygen atoms in total. The van der Waals surface area contributed by atoms with Crippen molar-refractivity contribution < 1.29 is 35.9 Å². The molecular weight excluding hydrogens is 612 g/mol. The SMILES string of the molecule is CC(=O)Cn1nnnc1C1CC2(c3ccccc3)C(OCc3cc(C(F)(F)F)cc(C(F)(F)F)c3)CCC1N2Cc1ccccc1. The molecular formula is C33H31F6N5O2. The van der Waals surface area contributed by atoms with Crippen LogP contribution >= 0.6 is 0 Å². The second kappa shape index (κ2) is 12.3. The number of aromatic nitrogens is 4. The van der Waals surface area contributed by atoms with Crippen LogP contribution in [0.1, 0.15) is 65.7 Å². The van der Waals surface area contributed by atoms with Crippen LogP contribution in [0.15, 0.2) is 78.9 Å². The lowest BCUT2D eigenvalue weighted by molar-refractivity contribution is -0.143. The minimum atomic E-state index is -4.96. The number of ether oxygens (including phenoxy) is 1. The average molecular weight is 644 g/mol. The van der Waals surface area contributed by atoms with Crippen LogP contribution in [0.3, 0.4) is 0 Å². The van der Waals surface area contributed by atoms with E-state index in [1.807, 2.05) is 60.7 Å². The van der Waals surface area contributed by atoms with E-state index in [9.17, 15) is 31.1 Å². The number of Topliss-reactive ketones (excluding diaryl/α,β-unsaturated/α-hetero) is 1. The van der Waals surface area contributed by atoms with Gasteiger partial charge in [0.2, 0.25) is 0 Å². The lowest BCUT2D eigenvalue weighted by Crippen LogP contribution is -2.56. The number of fused-ring (bicyclic) bond motifs is 2. The maximum Gasteiger partial charge on any atom is 0.416 e. The highest BCUT2D eigenvalue weighted by Gasteiger charge is 2.61. The molecule has 0 saturated carbocycles. The monoisotopic (exact) mass is 643 g/mol. The fourth-order valence-corrected chi connectivity index (χ4v) is 7.16. The maximum atomic E-state index is 13.6. The molecule has 46 heavy (non-hydrogen) atoms. The standard InChI is InChI=1S/C33H31F6N5O2/c1-21(45)18-44-30(40-41-42-44)27-17-31(24-10-6-3-7-11-24)29(13-12-28(27)43(31)19-22-8-4-2-5-9-22)46-20-23-14-25(32(34,35)36)16-26(15-23)33(37,38)39/h2-11,14-16,27-29H,12-13,17-20H2,1H3. The topological polar surface area (TPSA) is 73.1 Å². The van der Waals surface area contributed by atoms with E-state index in [4.69, 9.17) is 4.74 Å². The van der Waals surface area contributed by atoms with Crippen molar-refractivity contribution in [1.29, 1.82) is 0 Å². The number of carbonyl (C=O) groups excluding carboxylic acids is 1. The highest BCUT2D eigenvalue weighted by molar-refractivity contribution is 5.75. The van der Waals surface area contributed by atoms with Crippen molar-refractivity contribution in [2.24, 2.45) is 0 Å². The van der Waals surface area contributed by atoms with Crippen molar-refractivity contribution in [2.75, 3.05) is 0 Å². The molecule has 0 spiro atoms. The van der Waals surface area contributed by atoms with Gasteiger partial charge in [-0.05, 0) is 71.5 Å². The molecule has 1 aromatic heterocycles. The van der Waals surface area contributed by atoms with Crippen LogP contribution in [0, 0.1) is 0 Å². The number of carbonyl (C=O) groups is 1. The number of ketones is 1. The summed E-state index contributed by atoms with van der Waals surface area (Å²) in [6, 6.07) is 20.8. The van der Waals surface area contributed by atoms with Crippen LogP contribution < -0.4 is 0 Å². The van der Waals surface area contributed by atoms with Gasteiger partial charge in [0.05, 0.1) is 29.4 Å². The Bertz CT molecular complexity index is 1650. The summed E-state index contributed by atoms with van der Waals surface area (Å²) in [5.74, 6) is 0.190. The van der Waals surface area contributed by atoms with Gasteiger partial charge in [0.25, 0.3) is 0 Å². The number of rotatable bonds is 9. The predicted molar refractivity (Wildman–Crippen MR) is 154 cm³/mol. The number of halogens is 6. The summed E-state index contributed by atoms with van der Waals surface area (Å²) in [4.78, 5) is 14.4. The molecule has 242 valence electrons. The van der Waals surface area contributed by atoms with Gasteiger partial charge < -0.3 is 4.74 Å². The van der Waals surface area contributed by atoms with Crippen LogP contribution in [-0.2, 0) is 47.1 Å². The van der Waals surface area contributed by atoms with Crippen molar-refractivity contribution in [3.05, 3.63) is 113 Å². The summed E-state index contributed by atoms with van der Waals surface area (Å²) in [6.45, 7) is 1.49. The van der Waals surface area contributed by atoms with Gasteiger partial charge in [0.1, 0.15) is 6.54 Å². The molecule has 13 heteroatoms. The summed E-state index contributed by atoms with van der Waals surface area (Å²) in [5, 5.41) is 12.3. The number of piperidine rings is 1. The first-order valence-electron chi connectivity index (χ1n) is 14.9. The molecule has 0 radical (unpaired) electrons. The van der Waals surface area contributed by atoms with Gasteiger partial charge in [-0.2, -0.15) is 26.3 Å². The van der Waals surface area contributed by atoms with Crippen LogP contribution in [-0.4, -0.2) is 43.0 Å². The smallest absolute Gasteiger partial charge is 0.371 e. The molecule has 2 aliphatic rings. The van der Waals surface area contributed by atoms with Gasteiger partial charge in [0, 0.05) is 18.5 Å². The van der Waals surface area contributed by atoms with E-state index in [1.54, 1.807) is 0 Å². The van der Waals surface area contributed by atoms with Crippen molar-refractivity contribution in [1.82, 2.24) is 25.1 Å². The number of alkyl halides is 6. The third-order valence-electron chi connectivity index (χ3n) is 9.00. The minimum Gasteiger partial charge on any atom is -0.371 e. The Morgan fingerprint density at radius 1 is 0.891 bits per heavy atom. The zero-order valence-electron chi connectivity index (χ0n) is 24.8. The van der Waals surface area contributed by atoms with Gasteiger partial charge in [-0.25, -0.2) is 4.68 Å². The lowest BCUT2D eigenvalue weighted by Gasteiger charge is -2.50. The third-order valence-corrected chi connectivity index (χ3v) is 9.00. The molecule has 6 rings (SSSR count). The summed E-state index contributed by atoms with van der Waals surface area (Å²) in [7, 11) is 0. The predicted octanol–water partition coefficient (Wildman–Crippen LogP) is 6.93. The molecule has 0 aliphatic carbocycles. The molecule has 2 bridgehead atoms. The number of hydrogen-bond acceptors (Lipinski definition) is 6. The number of hydrogen-bond donors (Lipinski definition) is 0. The second-order valence-corrected chi connectivity index (χ2v) is 12.0. The van der Waals surface area contributed by atoms with Gasteiger partial charge in [-0.15, -0.1) is 5.10 Å². The molecule has 0 amide bonds. The van der Waals surface area contributed by atoms with Gasteiger partial charge in [0.15, 0.2) is 11.6 Å². The second-order valence-electron chi connectivity index (χ2n) is 12.0. The molecule has 3 aromatic carbocycles. The summed E-state index contributed by atoms with van der Waals surface area (Å²) >= 11 is 0. The highest BCUT2D eigenvalue weighted by Crippen LogP contribution is 2.57. The molecule has 2 saturated heterocycles. The van der Waals surface area contributed by atoms with E-state index in [1.165, 1.54) is 11.6 Å². The molecule has 4 aromatic rings. The average Bonchev–Trinajstić information content (AvgIpc) is 3.54. The Labute approximate surface area is 261 Å². The zero-order valence-corrected chi connectivity index (χ0v) is 24.8. The molecule has 4 unspecified atom stereocenters. The molecule has 2 aliphatic heterocycles. The summed E-state index contributed by atoms with van der Waals surface area (Å²) in [5.41, 5.74) is -1.91. The van der Waals surface area contributed by atoms with Crippen LogP contribution in [0.5, 0.6) is 0 Å². The Morgan fingerprint density at radius 3 is 2.13 bits per heavy atom. The van der Waals surface area contributed by atoms with Gasteiger partial charge in [-0.1, -0.05) is 60.7 Å². The summed E-state index contributed by atoms with van der Waals surface area (Å²) in [6.07, 6.45) is -9.00. The van der Waals surface area contributed by atoms with Gasteiger partial charge >= 0.3 is 12.4 Å². The lowest BCUT2D eigenvalue weighted by atomic mass is 9.78. The van der Waals surface area contributed by atoms with Crippen molar-refractivity contribution >= 4 is 5.78 Å². The first kappa shape index (κ1) is 31.9. The molecule has 2 fully saturated rings. The van der Waals surface area contributed by atoms with Gasteiger partial charge in [-0.3, -0.25) is 9.69 Å².